The molecule has 4 bridgehead atoms. The molecule has 0 unspecified atom stereocenters. The number of para-hydroxylation sites is 2. The first-order valence-electron chi connectivity index (χ1n) is 26.9. The molecule has 6 aromatic heterocycles. The van der Waals surface area contributed by atoms with Gasteiger partial charge in [0.25, 0.3) is 0 Å². The Balaban J connectivity index is 1.08. The summed E-state index contributed by atoms with van der Waals surface area (Å²) < 4.78 is 19.5. The van der Waals surface area contributed by atoms with E-state index in [1.807, 2.05) is 0 Å². The van der Waals surface area contributed by atoms with Crippen LogP contribution >= 0.6 is 0 Å². The number of carbonyl (C=O) groups excluding carboxylic acids is 2. The van der Waals surface area contributed by atoms with Gasteiger partial charge in [0.1, 0.15) is 22.3 Å². The van der Waals surface area contributed by atoms with Crippen molar-refractivity contribution < 1.29 is 18.4 Å². The summed E-state index contributed by atoms with van der Waals surface area (Å²) in [5.41, 5.74) is 18.8. The molecular weight excluding hydrogens is 909 g/mol. The second kappa shape index (κ2) is 13.4. The van der Waals surface area contributed by atoms with Crippen LogP contribution in [0.2, 0.25) is 0 Å². The average Bonchev–Trinajstić information content (AvgIpc) is 4.28. The quantitative estimate of drug-likeness (QED) is 0.173. The molecule has 0 saturated heterocycles. The fourth-order valence-electron chi connectivity index (χ4n) is 16.1. The lowest BCUT2D eigenvalue weighted by Crippen LogP contribution is -2.15. The summed E-state index contributed by atoms with van der Waals surface area (Å²) in [7, 11) is 0. The first-order chi connectivity index (χ1) is 36.6. The minimum Gasteiger partial charge on any atom is -0.455 e. The number of benzene rings is 9. The maximum absolute atomic E-state index is 14.7. The summed E-state index contributed by atoms with van der Waals surface area (Å²) in [5.74, 6) is 1.49. The van der Waals surface area contributed by atoms with Gasteiger partial charge in [-0.15, -0.1) is 0 Å². The largest absolute Gasteiger partial charge is 0.455 e. The van der Waals surface area contributed by atoms with Gasteiger partial charge >= 0.3 is 0 Å². The molecule has 0 aliphatic heterocycles. The maximum Gasteiger partial charge on any atom is 0.166 e. The zero-order chi connectivity index (χ0) is 48.0. The van der Waals surface area contributed by atoms with Gasteiger partial charge in [0, 0.05) is 88.0 Å². The number of hydrogen-bond donors (Lipinski definition) is 0. The number of rotatable bonds is 2. The van der Waals surface area contributed by atoms with E-state index >= 15 is 0 Å². The fourth-order valence-corrected chi connectivity index (χ4v) is 16.1. The van der Waals surface area contributed by atoms with Gasteiger partial charge in [-0.3, -0.25) is 9.59 Å². The molecule has 74 heavy (non-hydrogen) atoms. The Morgan fingerprint density at radius 1 is 0.351 bits per heavy atom. The lowest BCUT2D eigenvalue weighted by molar-refractivity contribution is 0.0891. The Morgan fingerprint density at radius 3 is 1.15 bits per heavy atom. The van der Waals surface area contributed by atoms with E-state index in [2.05, 4.69) is 154 Å². The number of furan rings is 2. The zero-order valence-electron chi connectivity index (χ0n) is 40.4. The first-order valence-corrected chi connectivity index (χ1v) is 26.9. The van der Waals surface area contributed by atoms with Gasteiger partial charge in [-0.25, -0.2) is 0 Å². The van der Waals surface area contributed by atoms with Crippen molar-refractivity contribution in [2.75, 3.05) is 0 Å². The number of aromatic nitrogens is 2. The predicted molar refractivity (Wildman–Crippen MR) is 299 cm³/mol. The number of fused-ring (bicyclic) bond motifs is 24. The Bertz CT molecular complexity index is 4750. The average molecular weight is 953 g/mol. The highest BCUT2D eigenvalue weighted by Gasteiger charge is 2.39. The van der Waals surface area contributed by atoms with Crippen molar-refractivity contribution in [1.82, 2.24) is 8.80 Å². The van der Waals surface area contributed by atoms with Crippen LogP contribution in [0.1, 0.15) is 95.0 Å². The van der Waals surface area contributed by atoms with E-state index in [-0.39, 0.29) is 11.8 Å². The Morgan fingerprint density at radius 2 is 0.716 bits per heavy atom. The first kappa shape index (κ1) is 39.1. The summed E-state index contributed by atoms with van der Waals surface area (Å²) in [6.07, 6.45) is 8.05. The molecule has 350 valence electrons. The summed E-state index contributed by atoms with van der Waals surface area (Å²) in [5, 5.41) is 13.5. The van der Waals surface area contributed by atoms with E-state index < -0.39 is 0 Å². The molecular formula is C68H44N2O4. The van der Waals surface area contributed by atoms with E-state index in [9.17, 15) is 9.59 Å². The van der Waals surface area contributed by atoms with Crippen LogP contribution in [0.25, 0.3) is 142 Å². The van der Waals surface area contributed by atoms with E-state index in [1.165, 1.54) is 32.7 Å². The molecule has 0 atom stereocenters. The third kappa shape index (κ3) is 4.55. The van der Waals surface area contributed by atoms with Crippen LogP contribution in [-0.2, 0) is 0 Å². The fraction of sp³-hybridized carbons (Fsp3) is 0.176. The van der Waals surface area contributed by atoms with Crippen molar-refractivity contribution in [2.24, 2.45) is 11.8 Å². The van der Waals surface area contributed by atoms with Crippen LogP contribution in [0, 0.1) is 11.8 Å². The number of hydrogen-bond acceptors (Lipinski definition) is 4. The Kier molecular flexibility index (Phi) is 7.07. The highest BCUT2D eigenvalue weighted by Crippen LogP contribution is 2.57. The molecule has 2 fully saturated rings. The van der Waals surface area contributed by atoms with Crippen molar-refractivity contribution in [1.29, 1.82) is 0 Å². The SMILES string of the molecule is O=C1c2cc3c(cc2C2CCC1CC2)c1c(-c2ccccc2)c2c4ccccc4oc2c2c4cc5c(cc4n3c12)c1c2oc3ccccc3c2c(-c2ccccc2)c2c3cc4c(cc3n5c21)C(=O)C1CCC4CC1. The molecule has 0 radical (unpaired) electrons. The molecule has 0 spiro atoms. The van der Waals surface area contributed by atoms with Crippen LogP contribution in [0.5, 0.6) is 0 Å². The topological polar surface area (TPSA) is 69.2 Å². The maximum atomic E-state index is 14.7. The Hall–Kier alpha value is -8.48. The number of nitrogens with zero attached hydrogens (tertiary/aromatic N) is 2. The van der Waals surface area contributed by atoms with E-state index in [4.69, 9.17) is 8.83 Å². The van der Waals surface area contributed by atoms with Gasteiger partial charge in [-0.2, -0.15) is 0 Å². The minimum absolute atomic E-state index is 0.0742. The van der Waals surface area contributed by atoms with Crippen molar-refractivity contribution in [3.05, 3.63) is 168 Å². The summed E-state index contributed by atoms with van der Waals surface area (Å²) in [4.78, 5) is 29.4. The predicted octanol–water partition coefficient (Wildman–Crippen LogP) is 18.1. The van der Waals surface area contributed by atoms with E-state index in [0.717, 1.165) is 183 Å². The van der Waals surface area contributed by atoms with Crippen molar-refractivity contribution >= 4 is 132 Å². The molecule has 6 heteroatoms. The van der Waals surface area contributed by atoms with Crippen LogP contribution in [0.15, 0.2) is 154 Å². The van der Waals surface area contributed by atoms with Gasteiger partial charge in [0.15, 0.2) is 11.6 Å². The van der Waals surface area contributed by atoms with E-state index in [1.54, 1.807) is 0 Å². The monoisotopic (exact) mass is 952 g/mol. The molecule has 0 N–H and O–H groups in total. The van der Waals surface area contributed by atoms with Gasteiger partial charge in [0.2, 0.25) is 0 Å². The molecule has 21 rings (SSSR count). The highest BCUT2D eigenvalue weighted by atomic mass is 16.3. The van der Waals surface area contributed by atoms with Crippen LogP contribution in [-0.4, -0.2) is 20.4 Å². The number of carbonyl (C=O) groups is 2. The summed E-state index contributed by atoms with van der Waals surface area (Å²) in [6.45, 7) is 0. The van der Waals surface area contributed by atoms with Gasteiger partial charge in [-0.05, 0) is 134 Å². The molecule has 6 aliphatic carbocycles. The number of ketones is 2. The molecule has 6 aliphatic rings. The van der Waals surface area contributed by atoms with Gasteiger partial charge in [0.05, 0.1) is 43.9 Å². The van der Waals surface area contributed by atoms with Crippen LogP contribution in [0.3, 0.4) is 0 Å². The van der Waals surface area contributed by atoms with E-state index in [0.29, 0.717) is 23.4 Å². The van der Waals surface area contributed by atoms with Gasteiger partial charge < -0.3 is 17.6 Å². The van der Waals surface area contributed by atoms with Gasteiger partial charge in [-0.1, -0.05) is 97.1 Å². The second-order valence-electron chi connectivity index (χ2n) is 22.6. The minimum atomic E-state index is 0.0742. The Labute approximate surface area is 422 Å². The standard InChI is InChI=1S/C68H44N2O4/c71-65-37-23-19-33(20-24-37)41-27-45-49(29-43(41)65)69-51-32-48-52(31-47(51)61-63(69)57(45)55(35-11-3-1-4-12-35)59-39-15-7-9-17-53(39)73-67(59)61)70-50-30-44-42(34-21-25-38(26-22-34)66(44)72)28-46(50)58-56(36-13-5-2-6-14-36)60-40-16-8-10-18-54(40)74-68(60)62(48)64(58)70/h1-18,27-34,37-38H,19-26H2. The summed E-state index contributed by atoms with van der Waals surface area (Å²) in [6, 6.07) is 53.0. The van der Waals surface area contributed by atoms with Crippen molar-refractivity contribution in [3.8, 4) is 22.3 Å². The summed E-state index contributed by atoms with van der Waals surface area (Å²) >= 11 is 0. The van der Waals surface area contributed by atoms with Crippen molar-refractivity contribution in [3.63, 3.8) is 0 Å². The highest BCUT2D eigenvalue weighted by molar-refractivity contribution is 6.42. The molecule has 0 amide bonds. The zero-order valence-corrected chi connectivity index (χ0v) is 40.4. The molecule has 6 nitrogen and oxygen atoms in total. The third-order valence-electron chi connectivity index (χ3n) is 19.3. The molecule has 2 saturated carbocycles. The second-order valence-corrected chi connectivity index (χ2v) is 22.6. The lowest BCUT2D eigenvalue weighted by Gasteiger charge is -2.22. The smallest absolute Gasteiger partial charge is 0.166 e. The van der Waals surface area contributed by atoms with Crippen LogP contribution < -0.4 is 0 Å². The lowest BCUT2D eigenvalue weighted by atomic mass is 9.82. The normalized spacial score (nSPS) is 20.1. The molecule has 15 aromatic rings. The number of Topliss-reactive ketones (excluding diaryl/α,β-unsaturated/α-hetero) is 2. The molecule has 9 aromatic carbocycles. The van der Waals surface area contributed by atoms with Crippen molar-refractivity contribution in [2.45, 2.75) is 63.2 Å². The van der Waals surface area contributed by atoms with Crippen LogP contribution in [0.4, 0.5) is 0 Å². The third-order valence-corrected chi connectivity index (χ3v) is 19.3. The molecule has 6 heterocycles.